The van der Waals surface area contributed by atoms with Crippen LogP contribution in [0.15, 0.2) is 53.4 Å². The highest BCUT2D eigenvalue weighted by Crippen LogP contribution is 2.23. The highest BCUT2D eigenvalue weighted by molar-refractivity contribution is 7.89. The number of hydrogen-bond acceptors (Lipinski definition) is 3. The molecule has 0 saturated carbocycles. The summed E-state index contributed by atoms with van der Waals surface area (Å²) in [6.45, 7) is 11.0. The minimum absolute atomic E-state index is 0.0266. The van der Waals surface area contributed by atoms with Gasteiger partial charge in [-0.15, -0.1) is 0 Å². The second-order valence-corrected chi connectivity index (χ2v) is 11.1. The van der Waals surface area contributed by atoms with Crippen molar-refractivity contribution in [2.45, 2.75) is 46.1 Å². The van der Waals surface area contributed by atoms with Gasteiger partial charge in [0.1, 0.15) is 0 Å². The lowest BCUT2D eigenvalue weighted by Gasteiger charge is -2.30. The molecule has 1 amide bonds. The van der Waals surface area contributed by atoms with Gasteiger partial charge in [-0.05, 0) is 42.5 Å². The standard InChI is InChI=1S/C24H33ClN2O3S/c1-18(2)14-26(15-19(3)4)24(28)17-27(16-21-8-6-7-9-23(21)25)31(29,30)22-12-10-20(5)11-13-22/h6-13,18-19H,14-17H2,1-5H3. The molecule has 170 valence electrons. The first-order valence-electron chi connectivity index (χ1n) is 10.6. The maximum atomic E-state index is 13.5. The van der Waals surface area contributed by atoms with Gasteiger partial charge in [-0.25, -0.2) is 8.42 Å². The van der Waals surface area contributed by atoms with Gasteiger partial charge in [-0.1, -0.05) is 75.2 Å². The number of amides is 1. The highest BCUT2D eigenvalue weighted by Gasteiger charge is 2.29. The Morgan fingerprint density at radius 3 is 2.00 bits per heavy atom. The number of sulfonamides is 1. The predicted molar refractivity (Wildman–Crippen MR) is 126 cm³/mol. The molecule has 5 nitrogen and oxygen atoms in total. The van der Waals surface area contributed by atoms with Crippen LogP contribution < -0.4 is 0 Å². The van der Waals surface area contributed by atoms with E-state index in [2.05, 4.69) is 0 Å². The minimum atomic E-state index is -3.89. The Morgan fingerprint density at radius 2 is 1.48 bits per heavy atom. The van der Waals surface area contributed by atoms with E-state index in [0.29, 0.717) is 23.7 Å². The van der Waals surface area contributed by atoms with E-state index >= 15 is 0 Å². The van der Waals surface area contributed by atoms with Gasteiger partial charge in [0.25, 0.3) is 0 Å². The molecule has 7 heteroatoms. The molecule has 0 aromatic heterocycles. The van der Waals surface area contributed by atoms with Gasteiger partial charge in [-0.3, -0.25) is 4.79 Å². The van der Waals surface area contributed by atoms with Crippen molar-refractivity contribution >= 4 is 27.5 Å². The second kappa shape index (κ2) is 11.1. The lowest BCUT2D eigenvalue weighted by molar-refractivity contribution is -0.132. The summed E-state index contributed by atoms with van der Waals surface area (Å²) < 4.78 is 28.2. The van der Waals surface area contributed by atoms with Gasteiger partial charge < -0.3 is 4.90 Å². The first kappa shape index (κ1) is 25.4. The monoisotopic (exact) mass is 464 g/mol. The van der Waals surface area contributed by atoms with Crippen LogP contribution in [0.3, 0.4) is 0 Å². The van der Waals surface area contributed by atoms with Crippen LogP contribution in [0.5, 0.6) is 0 Å². The largest absolute Gasteiger partial charge is 0.341 e. The molecule has 2 rings (SSSR count). The van der Waals surface area contributed by atoms with Crippen LogP contribution in [0.2, 0.25) is 5.02 Å². The van der Waals surface area contributed by atoms with Crippen LogP contribution in [-0.4, -0.2) is 43.2 Å². The summed E-state index contributed by atoms with van der Waals surface area (Å²) in [7, 11) is -3.89. The molecule has 0 unspecified atom stereocenters. The summed E-state index contributed by atoms with van der Waals surface area (Å²) in [6, 6.07) is 13.8. The zero-order valence-corrected chi connectivity index (χ0v) is 20.6. The average molecular weight is 465 g/mol. The molecule has 0 aliphatic rings. The minimum Gasteiger partial charge on any atom is -0.341 e. The van der Waals surface area contributed by atoms with E-state index in [-0.39, 0.29) is 35.7 Å². The Morgan fingerprint density at radius 1 is 0.935 bits per heavy atom. The number of halogens is 1. The Balaban J connectivity index is 2.40. The van der Waals surface area contributed by atoms with Crippen LogP contribution >= 0.6 is 11.6 Å². The molecule has 0 radical (unpaired) electrons. The highest BCUT2D eigenvalue weighted by atomic mass is 35.5. The predicted octanol–water partition coefficient (Wildman–Crippen LogP) is 4.98. The number of hydrogen-bond donors (Lipinski definition) is 0. The number of carbonyl (C=O) groups is 1. The first-order valence-corrected chi connectivity index (χ1v) is 12.4. The molecular formula is C24H33ClN2O3S. The SMILES string of the molecule is Cc1ccc(S(=O)(=O)N(CC(=O)N(CC(C)C)CC(C)C)Cc2ccccc2Cl)cc1. The number of rotatable bonds is 10. The summed E-state index contributed by atoms with van der Waals surface area (Å²) in [4.78, 5) is 15.1. The second-order valence-electron chi connectivity index (χ2n) is 8.76. The van der Waals surface area contributed by atoms with Gasteiger partial charge in [0.2, 0.25) is 15.9 Å². The summed E-state index contributed by atoms with van der Waals surface area (Å²) >= 11 is 6.31. The van der Waals surface area contributed by atoms with Crippen molar-refractivity contribution in [2.24, 2.45) is 11.8 Å². The van der Waals surface area contributed by atoms with Crippen molar-refractivity contribution in [3.05, 3.63) is 64.7 Å². The van der Waals surface area contributed by atoms with Gasteiger partial charge >= 0.3 is 0 Å². The van der Waals surface area contributed by atoms with Crippen molar-refractivity contribution in [2.75, 3.05) is 19.6 Å². The smallest absolute Gasteiger partial charge is 0.243 e. The van der Waals surface area contributed by atoms with E-state index in [1.165, 1.54) is 4.31 Å². The number of aryl methyl sites for hydroxylation is 1. The van der Waals surface area contributed by atoms with E-state index in [9.17, 15) is 13.2 Å². The molecule has 0 saturated heterocycles. The van der Waals surface area contributed by atoms with Crippen LogP contribution in [0, 0.1) is 18.8 Å². The van der Waals surface area contributed by atoms with Crippen molar-refractivity contribution in [3.8, 4) is 0 Å². The number of benzene rings is 2. The van der Waals surface area contributed by atoms with E-state index in [1.807, 2.05) is 40.7 Å². The fourth-order valence-corrected chi connectivity index (χ4v) is 4.88. The van der Waals surface area contributed by atoms with Gasteiger partial charge in [0.05, 0.1) is 11.4 Å². The van der Waals surface area contributed by atoms with Crippen molar-refractivity contribution < 1.29 is 13.2 Å². The summed E-state index contributed by atoms with van der Waals surface area (Å²) in [5.41, 5.74) is 1.62. The molecule has 0 N–H and O–H groups in total. The van der Waals surface area contributed by atoms with E-state index in [0.717, 1.165) is 5.56 Å². The maximum Gasteiger partial charge on any atom is 0.243 e. The lowest BCUT2D eigenvalue weighted by atomic mass is 10.1. The van der Waals surface area contributed by atoms with Crippen LogP contribution in [0.25, 0.3) is 0 Å². The van der Waals surface area contributed by atoms with Crippen molar-refractivity contribution in [3.63, 3.8) is 0 Å². The molecule has 0 heterocycles. The molecule has 0 aliphatic heterocycles. The van der Waals surface area contributed by atoms with E-state index in [1.54, 1.807) is 47.4 Å². The molecule has 0 bridgehead atoms. The van der Waals surface area contributed by atoms with Crippen LogP contribution in [0.1, 0.15) is 38.8 Å². The molecule has 0 aliphatic carbocycles. The molecule has 31 heavy (non-hydrogen) atoms. The quantitative estimate of drug-likeness (QED) is 0.498. The zero-order chi connectivity index (χ0) is 23.2. The molecule has 0 fully saturated rings. The van der Waals surface area contributed by atoms with Crippen LogP contribution in [-0.2, 0) is 21.4 Å². The third-order valence-corrected chi connectivity index (χ3v) is 6.97. The van der Waals surface area contributed by atoms with Crippen molar-refractivity contribution in [1.82, 2.24) is 9.21 Å². The third-order valence-electron chi connectivity index (χ3n) is 4.80. The van der Waals surface area contributed by atoms with Gasteiger partial charge in [-0.2, -0.15) is 4.31 Å². The molecule has 0 atom stereocenters. The van der Waals surface area contributed by atoms with E-state index in [4.69, 9.17) is 11.6 Å². The first-order chi connectivity index (χ1) is 14.5. The average Bonchev–Trinajstić information content (AvgIpc) is 2.68. The number of nitrogens with zero attached hydrogens (tertiary/aromatic N) is 2. The normalized spacial score (nSPS) is 12.0. The van der Waals surface area contributed by atoms with Crippen molar-refractivity contribution in [1.29, 1.82) is 0 Å². The summed E-state index contributed by atoms with van der Waals surface area (Å²) in [5.74, 6) is 0.368. The molecular weight excluding hydrogens is 432 g/mol. The Labute approximate surface area is 192 Å². The lowest BCUT2D eigenvalue weighted by Crippen LogP contribution is -2.45. The third kappa shape index (κ3) is 7.34. The Hall–Kier alpha value is -1.89. The Bertz CT molecular complexity index is 963. The number of carbonyl (C=O) groups excluding carboxylic acids is 1. The van der Waals surface area contributed by atoms with Gasteiger partial charge in [0.15, 0.2) is 0 Å². The topological polar surface area (TPSA) is 57.7 Å². The zero-order valence-electron chi connectivity index (χ0n) is 19.0. The van der Waals surface area contributed by atoms with E-state index < -0.39 is 10.0 Å². The maximum absolute atomic E-state index is 13.5. The fourth-order valence-electron chi connectivity index (χ4n) is 3.31. The molecule has 0 spiro atoms. The molecule has 2 aromatic carbocycles. The summed E-state index contributed by atoms with van der Waals surface area (Å²) in [5, 5.41) is 0.472. The molecule has 2 aromatic rings. The summed E-state index contributed by atoms with van der Waals surface area (Å²) in [6.07, 6.45) is 0. The Kier molecular flexibility index (Phi) is 9.10. The fraction of sp³-hybridized carbons (Fsp3) is 0.458. The van der Waals surface area contributed by atoms with Crippen LogP contribution in [0.4, 0.5) is 0 Å². The van der Waals surface area contributed by atoms with Gasteiger partial charge in [0, 0.05) is 24.7 Å².